The fourth-order valence-electron chi connectivity index (χ4n) is 1.96. The Morgan fingerprint density at radius 1 is 1.56 bits per heavy atom. The first-order chi connectivity index (χ1) is 7.37. The molecule has 0 aromatic carbocycles. The number of rotatable bonds is 4. The van der Waals surface area contributed by atoms with Gasteiger partial charge >= 0.3 is 0 Å². The molecule has 0 N–H and O–H groups in total. The number of hydrogen-bond donors (Lipinski definition) is 0. The summed E-state index contributed by atoms with van der Waals surface area (Å²) in [5.74, 6) is 0.107. The van der Waals surface area contributed by atoms with Crippen LogP contribution in [0.1, 0.15) is 26.7 Å². The highest BCUT2D eigenvalue weighted by Crippen LogP contribution is 2.19. The monoisotopic (exact) mass is 267 g/mol. The summed E-state index contributed by atoms with van der Waals surface area (Å²) in [6.45, 7) is 4.16. The van der Waals surface area contributed by atoms with E-state index < -0.39 is 15.2 Å². The molecule has 0 bridgehead atoms. The van der Waals surface area contributed by atoms with Crippen LogP contribution in [0, 0.1) is 0 Å². The zero-order chi connectivity index (χ0) is 12.3. The Bertz CT molecular complexity index is 353. The molecule has 0 aromatic rings. The van der Waals surface area contributed by atoms with E-state index in [0.717, 1.165) is 6.42 Å². The van der Waals surface area contributed by atoms with Crippen LogP contribution >= 0.6 is 11.6 Å². The lowest BCUT2D eigenvalue weighted by Crippen LogP contribution is -2.44. The number of hydrogen-bond acceptors (Lipinski definition) is 3. The van der Waals surface area contributed by atoms with Crippen LogP contribution < -0.4 is 0 Å². The topological polar surface area (TPSA) is 54.5 Å². The Morgan fingerprint density at radius 3 is 2.56 bits per heavy atom. The molecule has 1 aliphatic heterocycles. The molecule has 1 heterocycles. The Hall–Kier alpha value is -0.290. The van der Waals surface area contributed by atoms with Gasteiger partial charge in [-0.2, -0.15) is 0 Å². The summed E-state index contributed by atoms with van der Waals surface area (Å²) >= 11 is 5.77. The standard InChI is InChI=1S/C10H18ClNO3S/c1-3-5-12(10(13)8(2)11)9-4-6-16(14,15)7-9/h8-9H,3-7H2,1-2H3. The van der Waals surface area contributed by atoms with Gasteiger partial charge in [0, 0.05) is 12.6 Å². The molecular weight excluding hydrogens is 250 g/mol. The molecule has 0 aliphatic carbocycles. The molecule has 1 aliphatic rings. The van der Waals surface area contributed by atoms with E-state index in [1.54, 1.807) is 11.8 Å². The van der Waals surface area contributed by atoms with Gasteiger partial charge in [-0.1, -0.05) is 6.92 Å². The molecule has 1 fully saturated rings. The molecule has 2 atom stereocenters. The van der Waals surface area contributed by atoms with Crippen LogP contribution in [0.15, 0.2) is 0 Å². The summed E-state index contributed by atoms with van der Waals surface area (Å²) in [7, 11) is -2.95. The number of sulfone groups is 1. The van der Waals surface area contributed by atoms with Gasteiger partial charge in [0.1, 0.15) is 5.38 Å². The molecule has 16 heavy (non-hydrogen) atoms. The van der Waals surface area contributed by atoms with E-state index in [4.69, 9.17) is 11.6 Å². The van der Waals surface area contributed by atoms with Gasteiger partial charge in [-0.25, -0.2) is 8.42 Å². The number of carbonyl (C=O) groups excluding carboxylic acids is 1. The molecule has 0 saturated carbocycles. The van der Waals surface area contributed by atoms with Crippen molar-refractivity contribution in [3.8, 4) is 0 Å². The Labute approximate surface area is 102 Å². The highest BCUT2D eigenvalue weighted by atomic mass is 35.5. The van der Waals surface area contributed by atoms with Crippen LogP contribution in [0.5, 0.6) is 0 Å². The molecule has 2 unspecified atom stereocenters. The Morgan fingerprint density at radius 2 is 2.19 bits per heavy atom. The molecular formula is C10H18ClNO3S. The third-order valence-corrected chi connectivity index (χ3v) is 4.67. The van der Waals surface area contributed by atoms with E-state index >= 15 is 0 Å². The molecule has 1 saturated heterocycles. The van der Waals surface area contributed by atoms with Crippen molar-refractivity contribution in [3.63, 3.8) is 0 Å². The second-order valence-corrected chi connectivity index (χ2v) is 7.09. The molecule has 0 aromatic heterocycles. The maximum absolute atomic E-state index is 11.8. The summed E-state index contributed by atoms with van der Waals surface area (Å²) in [5.41, 5.74) is 0. The van der Waals surface area contributed by atoms with Gasteiger partial charge in [0.2, 0.25) is 5.91 Å². The van der Waals surface area contributed by atoms with Crippen molar-refractivity contribution in [2.45, 2.75) is 38.1 Å². The van der Waals surface area contributed by atoms with Crippen LogP contribution in [0.3, 0.4) is 0 Å². The summed E-state index contributed by atoms with van der Waals surface area (Å²) in [4.78, 5) is 13.5. The smallest absolute Gasteiger partial charge is 0.240 e. The predicted molar refractivity (Wildman–Crippen MR) is 64.4 cm³/mol. The van der Waals surface area contributed by atoms with Crippen molar-refractivity contribution in [2.24, 2.45) is 0 Å². The summed E-state index contributed by atoms with van der Waals surface area (Å²) < 4.78 is 22.7. The van der Waals surface area contributed by atoms with Gasteiger partial charge in [-0.15, -0.1) is 11.6 Å². The summed E-state index contributed by atoms with van der Waals surface area (Å²) in [5, 5.41) is -0.588. The van der Waals surface area contributed by atoms with Crippen molar-refractivity contribution in [2.75, 3.05) is 18.1 Å². The number of amides is 1. The van der Waals surface area contributed by atoms with Crippen molar-refractivity contribution in [3.05, 3.63) is 0 Å². The Kier molecular flexibility index (Phi) is 4.62. The molecule has 0 radical (unpaired) electrons. The molecule has 0 spiro atoms. The fourth-order valence-corrected chi connectivity index (χ4v) is 3.82. The Balaban J connectivity index is 2.75. The second kappa shape index (κ2) is 5.36. The van der Waals surface area contributed by atoms with Crippen molar-refractivity contribution in [1.29, 1.82) is 0 Å². The number of carbonyl (C=O) groups is 1. The number of halogens is 1. The van der Waals surface area contributed by atoms with E-state index in [1.807, 2.05) is 6.92 Å². The first-order valence-corrected chi connectivity index (χ1v) is 7.78. The quantitative estimate of drug-likeness (QED) is 0.715. The maximum atomic E-state index is 11.8. The summed E-state index contributed by atoms with van der Waals surface area (Å²) in [6, 6.07) is -0.182. The lowest BCUT2D eigenvalue weighted by molar-refractivity contribution is -0.132. The van der Waals surface area contributed by atoms with E-state index in [1.165, 1.54) is 0 Å². The highest BCUT2D eigenvalue weighted by molar-refractivity contribution is 7.91. The third-order valence-electron chi connectivity index (χ3n) is 2.74. The molecule has 94 valence electrons. The molecule has 1 rings (SSSR count). The van der Waals surface area contributed by atoms with Crippen LogP contribution in [0.25, 0.3) is 0 Å². The minimum absolute atomic E-state index is 0.0857. The van der Waals surface area contributed by atoms with E-state index in [9.17, 15) is 13.2 Å². The van der Waals surface area contributed by atoms with Gasteiger partial charge in [0.15, 0.2) is 9.84 Å². The fraction of sp³-hybridized carbons (Fsp3) is 0.900. The van der Waals surface area contributed by atoms with Gasteiger partial charge in [-0.05, 0) is 19.8 Å². The zero-order valence-corrected chi connectivity index (χ0v) is 11.2. The van der Waals surface area contributed by atoms with Crippen LogP contribution in [-0.4, -0.2) is 48.7 Å². The molecule has 4 nitrogen and oxygen atoms in total. The van der Waals surface area contributed by atoms with Gasteiger partial charge in [0.25, 0.3) is 0 Å². The van der Waals surface area contributed by atoms with Crippen LogP contribution in [-0.2, 0) is 14.6 Å². The lowest BCUT2D eigenvalue weighted by atomic mass is 10.2. The largest absolute Gasteiger partial charge is 0.337 e. The van der Waals surface area contributed by atoms with Crippen LogP contribution in [0.2, 0.25) is 0 Å². The van der Waals surface area contributed by atoms with Crippen molar-refractivity contribution < 1.29 is 13.2 Å². The zero-order valence-electron chi connectivity index (χ0n) is 9.65. The van der Waals surface area contributed by atoms with Gasteiger partial charge in [-0.3, -0.25) is 4.79 Å². The van der Waals surface area contributed by atoms with Crippen molar-refractivity contribution in [1.82, 2.24) is 4.90 Å². The number of alkyl halides is 1. The maximum Gasteiger partial charge on any atom is 0.240 e. The minimum Gasteiger partial charge on any atom is -0.337 e. The molecule has 6 heteroatoms. The summed E-state index contributed by atoms with van der Waals surface area (Å²) in [6.07, 6.45) is 1.35. The lowest BCUT2D eigenvalue weighted by Gasteiger charge is -2.28. The average molecular weight is 268 g/mol. The van der Waals surface area contributed by atoms with E-state index in [0.29, 0.717) is 13.0 Å². The first-order valence-electron chi connectivity index (χ1n) is 5.52. The normalized spacial score (nSPS) is 25.3. The minimum atomic E-state index is -2.95. The van der Waals surface area contributed by atoms with Gasteiger partial charge in [0.05, 0.1) is 11.5 Å². The SMILES string of the molecule is CCCN(C(=O)C(C)Cl)C1CCS(=O)(=O)C1. The highest BCUT2D eigenvalue weighted by Gasteiger charge is 2.35. The average Bonchev–Trinajstić information content (AvgIpc) is 2.54. The van der Waals surface area contributed by atoms with Crippen LogP contribution in [0.4, 0.5) is 0 Å². The van der Waals surface area contributed by atoms with Crippen molar-refractivity contribution >= 4 is 27.3 Å². The number of nitrogens with zero attached hydrogens (tertiary/aromatic N) is 1. The second-order valence-electron chi connectivity index (χ2n) is 4.20. The van der Waals surface area contributed by atoms with E-state index in [2.05, 4.69) is 0 Å². The predicted octanol–water partition coefficient (Wildman–Crippen LogP) is 1.04. The first kappa shape index (κ1) is 13.8. The molecule has 1 amide bonds. The van der Waals surface area contributed by atoms with E-state index in [-0.39, 0.29) is 23.5 Å². The van der Waals surface area contributed by atoms with Gasteiger partial charge < -0.3 is 4.90 Å². The third kappa shape index (κ3) is 3.35.